The van der Waals surface area contributed by atoms with Crippen LogP contribution in [-0.2, 0) is 53.3 Å². The van der Waals surface area contributed by atoms with Crippen molar-refractivity contribution in [3.63, 3.8) is 0 Å². The lowest BCUT2D eigenvalue weighted by Crippen LogP contribution is -2.13. The highest BCUT2D eigenvalue weighted by atomic mass is 32.2. The van der Waals surface area contributed by atoms with Gasteiger partial charge in [0.25, 0.3) is 10.1 Å². The van der Waals surface area contributed by atoms with Crippen LogP contribution >= 0.6 is 12.0 Å². The maximum Gasteiger partial charge on any atom is 0.411 e. The van der Waals surface area contributed by atoms with Gasteiger partial charge in [0.1, 0.15) is 17.2 Å². The number of nitrogens with zero attached hydrogens (tertiary/aromatic N) is 6. The normalized spacial score (nSPS) is 11.5. The summed E-state index contributed by atoms with van der Waals surface area (Å²) in [5.74, 6) is -1.27. The number of hydrogen-bond donors (Lipinski definition) is 5. The molecule has 0 saturated carbocycles. The van der Waals surface area contributed by atoms with Crippen LogP contribution < -0.4 is 5.32 Å². The number of ether oxygens (including phenoxy) is 1. The Hall–Kier alpha value is -8.75. The number of nitrogens with one attached hydrogen (secondary N) is 1. The van der Waals surface area contributed by atoms with Gasteiger partial charge >= 0.3 is 6.09 Å². The molecule has 0 unspecified atom stereocenters. The summed E-state index contributed by atoms with van der Waals surface area (Å²) < 4.78 is 44.2. The molecular weight excluding hydrogens is 955 g/mol. The van der Waals surface area contributed by atoms with Crippen molar-refractivity contribution in [1.82, 2.24) is 0 Å². The number of carbonyl (C=O) groups is 1. The van der Waals surface area contributed by atoms with E-state index in [1.807, 2.05) is 36.4 Å². The average molecular weight is 990 g/mol. The first kappa shape index (κ1) is 48.7. The molecule has 0 atom stereocenters. The van der Waals surface area contributed by atoms with Gasteiger partial charge in [-0.1, -0.05) is 90.0 Å². The zero-order valence-electron chi connectivity index (χ0n) is 36.5. The highest BCUT2D eigenvalue weighted by Gasteiger charge is 2.21. The standard InChI is InChI=1S/C50H35N7O12S2/c58-28-51-35-14-9-31(10-15-35)24-33-25-32(13-18-41(33)52-29-59)23-30-11-16-36(17-12-30)53-50(62)67-27-34-26-44(56-54-43-20-22-46(71(64,65)66)40-8-4-2-6-38(40)43)49(61)47(48(34)60)57-55-42-19-21-45(70-69-68-63)39-7-3-1-5-37(39)42/h1-22,25-26,60-61,63H,23-24,27H2,(H,53,62)(H,64,65,66). The van der Waals surface area contributed by atoms with Gasteiger partial charge in [-0.2, -0.15) is 18.4 Å². The van der Waals surface area contributed by atoms with Gasteiger partial charge in [-0.15, -0.1) is 24.8 Å². The van der Waals surface area contributed by atoms with Gasteiger partial charge in [-0.25, -0.2) is 19.6 Å². The minimum absolute atomic E-state index is 0.0613. The molecule has 71 heavy (non-hydrogen) atoms. The number of anilines is 1. The molecule has 0 aromatic heterocycles. The number of amides is 1. The quantitative estimate of drug-likeness (QED) is 0.0108. The molecular formula is C50H35N7O12S2. The third-order valence-electron chi connectivity index (χ3n) is 10.8. The predicted octanol–water partition coefficient (Wildman–Crippen LogP) is 12.8. The first-order chi connectivity index (χ1) is 34.4. The molecule has 0 saturated heterocycles. The maximum absolute atomic E-state index is 13.2. The lowest BCUT2D eigenvalue weighted by atomic mass is 9.97. The van der Waals surface area contributed by atoms with E-state index in [2.05, 4.69) is 45.1 Å². The third kappa shape index (κ3) is 11.8. The second kappa shape index (κ2) is 22.1. The molecule has 8 aromatic rings. The number of hydrogen-bond acceptors (Lipinski definition) is 18. The van der Waals surface area contributed by atoms with Crippen LogP contribution in [0.4, 0.5) is 44.6 Å². The summed E-state index contributed by atoms with van der Waals surface area (Å²) >= 11 is 0.743. The molecule has 0 aliphatic heterocycles. The summed E-state index contributed by atoms with van der Waals surface area (Å²) in [6.07, 6.45) is 3.15. The predicted molar refractivity (Wildman–Crippen MR) is 261 cm³/mol. The van der Waals surface area contributed by atoms with E-state index in [-0.39, 0.29) is 27.2 Å². The Morgan fingerprint density at radius 3 is 1.89 bits per heavy atom. The number of isocyanates is 2. The Balaban J connectivity index is 1.03. The van der Waals surface area contributed by atoms with Crippen molar-refractivity contribution in [2.24, 2.45) is 30.4 Å². The number of azo groups is 2. The van der Waals surface area contributed by atoms with Gasteiger partial charge in [0.15, 0.2) is 17.2 Å². The van der Waals surface area contributed by atoms with Crippen LogP contribution in [0.2, 0.25) is 0 Å². The molecule has 0 aliphatic carbocycles. The number of fused-ring (bicyclic) bond motifs is 2. The number of carbonyl (C=O) groups excluding carboxylic acids is 3. The largest absolute Gasteiger partial charge is 0.505 e. The monoisotopic (exact) mass is 989 g/mol. The van der Waals surface area contributed by atoms with Crippen LogP contribution in [0.25, 0.3) is 21.5 Å². The molecule has 354 valence electrons. The van der Waals surface area contributed by atoms with E-state index in [4.69, 9.17) is 9.99 Å². The molecule has 0 heterocycles. The van der Waals surface area contributed by atoms with Gasteiger partial charge in [0, 0.05) is 32.3 Å². The smallest absolute Gasteiger partial charge is 0.411 e. The minimum Gasteiger partial charge on any atom is -0.505 e. The molecule has 8 aromatic carbocycles. The molecule has 0 fully saturated rings. The van der Waals surface area contributed by atoms with Crippen LogP contribution in [0.3, 0.4) is 0 Å². The van der Waals surface area contributed by atoms with Crippen molar-refractivity contribution in [3.05, 3.63) is 173 Å². The van der Waals surface area contributed by atoms with Crippen LogP contribution in [0.1, 0.15) is 27.8 Å². The number of benzene rings is 8. The van der Waals surface area contributed by atoms with Crippen molar-refractivity contribution in [2.75, 3.05) is 5.32 Å². The van der Waals surface area contributed by atoms with E-state index in [9.17, 15) is 37.6 Å². The van der Waals surface area contributed by atoms with Crippen molar-refractivity contribution in [2.45, 2.75) is 29.2 Å². The van der Waals surface area contributed by atoms with E-state index in [1.54, 1.807) is 91.0 Å². The number of rotatable bonds is 17. The molecule has 0 spiro atoms. The molecule has 1 amide bonds. The second-order valence-corrected chi connectivity index (χ2v) is 17.4. The fourth-order valence-electron chi connectivity index (χ4n) is 7.46. The van der Waals surface area contributed by atoms with E-state index in [1.165, 1.54) is 24.3 Å². The fourth-order valence-corrected chi connectivity index (χ4v) is 8.65. The Morgan fingerprint density at radius 2 is 1.20 bits per heavy atom. The number of aromatic hydroxyl groups is 2. The van der Waals surface area contributed by atoms with Crippen molar-refractivity contribution < 1.29 is 56.9 Å². The highest BCUT2D eigenvalue weighted by Crippen LogP contribution is 2.48. The molecule has 5 N–H and O–H groups in total. The lowest BCUT2D eigenvalue weighted by molar-refractivity contribution is -0.432. The van der Waals surface area contributed by atoms with Gasteiger partial charge in [0.2, 0.25) is 12.2 Å². The molecule has 21 heteroatoms. The maximum atomic E-state index is 13.2. The third-order valence-corrected chi connectivity index (χ3v) is 12.3. The molecule has 0 aliphatic rings. The van der Waals surface area contributed by atoms with E-state index < -0.39 is 40.0 Å². The van der Waals surface area contributed by atoms with Crippen molar-refractivity contribution in [3.8, 4) is 11.5 Å². The van der Waals surface area contributed by atoms with Gasteiger partial charge in [-0.3, -0.25) is 9.87 Å². The van der Waals surface area contributed by atoms with E-state index in [0.29, 0.717) is 56.6 Å². The summed E-state index contributed by atoms with van der Waals surface area (Å²) in [5, 5.41) is 56.7. The Labute approximate surface area is 407 Å². The highest BCUT2D eigenvalue weighted by molar-refractivity contribution is 7.94. The molecule has 8 rings (SSSR count). The Morgan fingerprint density at radius 1 is 0.606 bits per heavy atom. The number of phenols is 2. The lowest BCUT2D eigenvalue weighted by Gasteiger charge is -2.12. The summed E-state index contributed by atoms with van der Waals surface area (Å²) in [5.41, 5.74) is 4.52. The van der Waals surface area contributed by atoms with E-state index >= 15 is 0 Å². The number of aliphatic imine (C=N–C) groups is 2. The summed E-state index contributed by atoms with van der Waals surface area (Å²) in [7, 11) is -4.60. The SMILES string of the molecule is O=C=Nc1ccc(Cc2cc(Cc3ccc(NC(=O)OCc4cc(N=Nc5ccc(S(=O)(=O)O)c6ccccc56)c(O)c(N=Nc5ccc(SOOO)c6ccccc56)c4O)cc3)ccc2N=C=O)cc1. The average Bonchev–Trinajstić information content (AvgIpc) is 3.37. The fraction of sp³-hybridized carbons (Fsp3) is 0.0600. The number of phenolic OH excluding ortho intramolecular Hbond substituents is 2. The van der Waals surface area contributed by atoms with Gasteiger partial charge in [0.05, 0.1) is 34.8 Å². The molecule has 0 bridgehead atoms. The summed E-state index contributed by atoms with van der Waals surface area (Å²) in [6.45, 7) is -0.557. The van der Waals surface area contributed by atoms with Gasteiger partial charge < -0.3 is 14.9 Å². The van der Waals surface area contributed by atoms with Crippen molar-refractivity contribution in [1.29, 1.82) is 0 Å². The van der Waals surface area contributed by atoms with Crippen LogP contribution in [0.15, 0.2) is 186 Å². The van der Waals surface area contributed by atoms with Crippen LogP contribution in [0.5, 0.6) is 11.5 Å². The summed E-state index contributed by atoms with van der Waals surface area (Å²) in [6, 6.07) is 39.7. The Kier molecular flexibility index (Phi) is 15.2. The second-order valence-electron chi connectivity index (χ2n) is 15.2. The summed E-state index contributed by atoms with van der Waals surface area (Å²) in [4.78, 5) is 42.7. The zero-order valence-corrected chi connectivity index (χ0v) is 38.2. The topological polar surface area (TPSA) is 280 Å². The minimum atomic E-state index is -4.60. The van der Waals surface area contributed by atoms with Crippen LogP contribution in [-0.4, -0.2) is 46.7 Å². The zero-order chi connectivity index (χ0) is 49.9. The first-order valence-electron chi connectivity index (χ1n) is 20.9. The van der Waals surface area contributed by atoms with Crippen molar-refractivity contribution >= 4 is 102 Å². The Bertz CT molecular complexity index is 3600. The van der Waals surface area contributed by atoms with E-state index in [0.717, 1.165) is 40.4 Å². The molecule has 0 radical (unpaired) electrons. The molecule has 19 nitrogen and oxygen atoms in total. The first-order valence-corrected chi connectivity index (χ1v) is 23.1. The van der Waals surface area contributed by atoms with Gasteiger partial charge in [-0.05, 0) is 101 Å². The van der Waals surface area contributed by atoms with Crippen LogP contribution in [0, 0.1) is 0 Å².